The van der Waals surface area contributed by atoms with E-state index in [0.717, 1.165) is 26.2 Å². The molecule has 2 rings (SSSR count). The average Bonchev–Trinajstić information content (AvgIpc) is 2.67. The van der Waals surface area contributed by atoms with Crippen LogP contribution in [0.4, 0.5) is 5.69 Å². The second-order valence-electron chi connectivity index (χ2n) is 4.30. The molecular weight excluding hydrogens is 220 g/mol. The molecule has 7 nitrogen and oxygen atoms in total. The van der Waals surface area contributed by atoms with Crippen molar-refractivity contribution in [2.75, 3.05) is 39.0 Å². The molecule has 3 N–H and O–H groups in total. The van der Waals surface area contributed by atoms with Gasteiger partial charge in [-0.2, -0.15) is 5.10 Å². The van der Waals surface area contributed by atoms with Gasteiger partial charge < -0.3 is 10.6 Å². The van der Waals surface area contributed by atoms with E-state index in [9.17, 15) is 4.79 Å². The molecule has 1 aliphatic rings. The minimum absolute atomic E-state index is 0.0716. The number of nitrogens with one attached hydrogen (secondary N) is 1. The highest BCUT2D eigenvalue weighted by Gasteiger charge is 2.15. The summed E-state index contributed by atoms with van der Waals surface area (Å²) in [6.45, 7) is 3.83. The number of nitrogen functional groups attached to an aromatic ring is 1. The zero-order valence-electron chi connectivity index (χ0n) is 9.96. The van der Waals surface area contributed by atoms with Crippen LogP contribution in [-0.4, -0.2) is 58.8 Å². The van der Waals surface area contributed by atoms with E-state index >= 15 is 0 Å². The quantitative estimate of drug-likeness (QED) is 0.687. The van der Waals surface area contributed by atoms with Gasteiger partial charge in [-0.3, -0.25) is 14.9 Å². The summed E-state index contributed by atoms with van der Waals surface area (Å²) in [4.78, 5) is 13.9. The van der Waals surface area contributed by atoms with Gasteiger partial charge in [0.1, 0.15) is 6.54 Å². The molecule has 0 aliphatic carbocycles. The van der Waals surface area contributed by atoms with Crippen LogP contribution >= 0.6 is 0 Å². The van der Waals surface area contributed by atoms with Crippen LogP contribution in [0.25, 0.3) is 0 Å². The van der Waals surface area contributed by atoms with Gasteiger partial charge in [0, 0.05) is 32.4 Å². The van der Waals surface area contributed by atoms with Crippen molar-refractivity contribution >= 4 is 11.6 Å². The van der Waals surface area contributed by atoms with Gasteiger partial charge in [-0.25, -0.2) is 5.01 Å². The number of hydrogen-bond donors (Lipinski definition) is 2. The topological polar surface area (TPSA) is 79.4 Å². The number of hydrazine groups is 1. The standard InChI is InChI=1S/C10H18N6O/c1-14-2-4-15(5-3-14)13-10(17)8-16-7-9(11)6-12-16/h6-7H,2-5,8,11H2,1H3,(H,13,17). The number of aromatic nitrogens is 2. The van der Waals surface area contributed by atoms with Crippen LogP contribution in [0, 0.1) is 0 Å². The number of piperazine rings is 1. The van der Waals surface area contributed by atoms with Gasteiger partial charge in [0.2, 0.25) is 0 Å². The average molecular weight is 238 g/mol. The molecule has 0 bridgehead atoms. The number of nitrogens with zero attached hydrogens (tertiary/aromatic N) is 4. The molecule has 0 unspecified atom stereocenters. The van der Waals surface area contributed by atoms with Crippen molar-refractivity contribution in [3.05, 3.63) is 12.4 Å². The summed E-state index contributed by atoms with van der Waals surface area (Å²) in [7, 11) is 2.08. The lowest BCUT2D eigenvalue weighted by Gasteiger charge is -2.32. The lowest BCUT2D eigenvalue weighted by Crippen LogP contribution is -2.53. The fourth-order valence-electron chi connectivity index (χ4n) is 1.74. The third kappa shape index (κ3) is 3.43. The lowest BCUT2D eigenvalue weighted by molar-refractivity contribution is -0.127. The number of likely N-dealkylation sites (N-methyl/N-ethyl adjacent to an activating group) is 1. The van der Waals surface area contributed by atoms with Gasteiger partial charge in [-0.05, 0) is 7.05 Å². The Bertz CT molecular complexity index is 382. The first kappa shape index (κ1) is 11.9. The Kier molecular flexibility index (Phi) is 3.60. The minimum Gasteiger partial charge on any atom is -0.396 e. The Morgan fingerprint density at radius 2 is 2.18 bits per heavy atom. The first-order valence-corrected chi connectivity index (χ1v) is 5.64. The Hall–Kier alpha value is -1.60. The van der Waals surface area contributed by atoms with Gasteiger partial charge in [0.15, 0.2) is 0 Å². The zero-order valence-corrected chi connectivity index (χ0v) is 9.96. The number of carbonyl (C=O) groups excluding carboxylic acids is 1. The SMILES string of the molecule is CN1CCN(NC(=O)Cn2cc(N)cn2)CC1. The summed E-state index contributed by atoms with van der Waals surface area (Å²) >= 11 is 0. The van der Waals surface area contributed by atoms with E-state index < -0.39 is 0 Å². The van der Waals surface area contributed by atoms with Crippen molar-refractivity contribution in [3.63, 3.8) is 0 Å². The molecule has 1 aromatic heterocycles. The number of rotatable bonds is 3. The maximum Gasteiger partial charge on any atom is 0.255 e. The predicted molar refractivity (Wildman–Crippen MR) is 63.9 cm³/mol. The fraction of sp³-hybridized carbons (Fsp3) is 0.600. The van der Waals surface area contributed by atoms with E-state index in [1.165, 1.54) is 10.9 Å². The van der Waals surface area contributed by atoms with Crippen LogP contribution in [0.15, 0.2) is 12.4 Å². The number of anilines is 1. The number of nitrogens with two attached hydrogens (primary N) is 1. The molecule has 1 fully saturated rings. The zero-order chi connectivity index (χ0) is 12.3. The van der Waals surface area contributed by atoms with E-state index in [4.69, 9.17) is 5.73 Å². The highest BCUT2D eigenvalue weighted by molar-refractivity contribution is 5.75. The smallest absolute Gasteiger partial charge is 0.255 e. The Morgan fingerprint density at radius 1 is 1.47 bits per heavy atom. The minimum atomic E-state index is -0.0716. The second-order valence-corrected chi connectivity index (χ2v) is 4.30. The highest BCUT2D eigenvalue weighted by Crippen LogP contribution is 1.98. The summed E-state index contributed by atoms with van der Waals surface area (Å²) in [5, 5.41) is 5.90. The van der Waals surface area contributed by atoms with Crippen molar-refractivity contribution in [1.82, 2.24) is 25.1 Å². The highest BCUT2D eigenvalue weighted by atomic mass is 16.2. The Balaban J connectivity index is 1.77. The molecule has 1 aliphatic heterocycles. The van der Waals surface area contributed by atoms with E-state index in [-0.39, 0.29) is 12.5 Å². The molecule has 2 heterocycles. The maximum absolute atomic E-state index is 11.7. The van der Waals surface area contributed by atoms with Gasteiger partial charge in [0.25, 0.3) is 5.91 Å². The van der Waals surface area contributed by atoms with Crippen LogP contribution in [-0.2, 0) is 11.3 Å². The molecule has 0 spiro atoms. The number of hydrogen-bond acceptors (Lipinski definition) is 5. The largest absolute Gasteiger partial charge is 0.396 e. The normalized spacial score (nSPS) is 18.2. The van der Waals surface area contributed by atoms with Crippen molar-refractivity contribution in [2.45, 2.75) is 6.54 Å². The summed E-state index contributed by atoms with van der Waals surface area (Å²) in [6, 6.07) is 0. The van der Waals surface area contributed by atoms with Gasteiger partial charge in [-0.15, -0.1) is 0 Å². The van der Waals surface area contributed by atoms with Crippen molar-refractivity contribution in [1.29, 1.82) is 0 Å². The third-order valence-electron chi connectivity index (χ3n) is 2.74. The van der Waals surface area contributed by atoms with Crippen molar-refractivity contribution in [2.24, 2.45) is 0 Å². The number of amides is 1. The maximum atomic E-state index is 11.7. The molecular formula is C10H18N6O. The van der Waals surface area contributed by atoms with Crippen LogP contribution in [0.3, 0.4) is 0 Å². The van der Waals surface area contributed by atoms with E-state index in [0.29, 0.717) is 5.69 Å². The summed E-state index contributed by atoms with van der Waals surface area (Å²) in [5.41, 5.74) is 8.95. The Labute approximate surface area is 100 Å². The van der Waals surface area contributed by atoms with Gasteiger partial charge >= 0.3 is 0 Å². The summed E-state index contributed by atoms with van der Waals surface area (Å²) in [5.74, 6) is -0.0716. The molecule has 0 aromatic carbocycles. The van der Waals surface area contributed by atoms with Gasteiger partial charge in [-0.1, -0.05) is 0 Å². The number of carbonyl (C=O) groups is 1. The Morgan fingerprint density at radius 3 is 2.76 bits per heavy atom. The van der Waals surface area contributed by atoms with Crippen LogP contribution < -0.4 is 11.2 Å². The molecule has 94 valence electrons. The molecule has 1 amide bonds. The molecule has 17 heavy (non-hydrogen) atoms. The van der Waals surface area contributed by atoms with Crippen molar-refractivity contribution in [3.8, 4) is 0 Å². The fourth-order valence-corrected chi connectivity index (χ4v) is 1.74. The molecule has 0 atom stereocenters. The van der Waals surface area contributed by atoms with Gasteiger partial charge in [0.05, 0.1) is 11.9 Å². The predicted octanol–water partition coefficient (Wildman–Crippen LogP) is -1.26. The first-order chi connectivity index (χ1) is 8.13. The van der Waals surface area contributed by atoms with Crippen molar-refractivity contribution < 1.29 is 4.79 Å². The van der Waals surface area contributed by atoms with E-state index in [1.807, 2.05) is 5.01 Å². The molecule has 1 saturated heterocycles. The van der Waals surface area contributed by atoms with E-state index in [2.05, 4.69) is 22.5 Å². The molecule has 0 radical (unpaired) electrons. The molecule has 1 aromatic rings. The van der Waals surface area contributed by atoms with Crippen LogP contribution in [0.5, 0.6) is 0 Å². The summed E-state index contributed by atoms with van der Waals surface area (Å²) in [6.07, 6.45) is 3.17. The molecule has 7 heteroatoms. The third-order valence-corrected chi connectivity index (χ3v) is 2.74. The van der Waals surface area contributed by atoms with Crippen LogP contribution in [0.1, 0.15) is 0 Å². The second kappa shape index (κ2) is 5.15. The summed E-state index contributed by atoms with van der Waals surface area (Å²) < 4.78 is 1.53. The van der Waals surface area contributed by atoms with E-state index in [1.54, 1.807) is 6.20 Å². The monoisotopic (exact) mass is 238 g/mol. The first-order valence-electron chi connectivity index (χ1n) is 5.64. The van der Waals surface area contributed by atoms with Crippen LogP contribution in [0.2, 0.25) is 0 Å². The molecule has 0 saturated carbocycles. The lowest BCUT2D eigenvalue weighted by atomic mass is 10.4.